The van der Waals surface area contributed by atoms with Crippen molar-refractivity contribution >= 4 is 35.0 Å². The highest BCUT2D eigenvalue weighted by atomic mass is 32.1. The fourth-order valence-electron chi connectivity index (χ4n) is 2.49. The number of amides is 3. The Balaban J connectivity index is 1.73. The van der Waals surface area contributed by atoms with Crippen molar-refractivity contribution in [3.63, 3.8) is 0 Å². The average Bonchev–Trinajstić information content (AvgIpc) is 2.61. The van der Waals surface area contributed by atoms with E-state index in [4.69, 9.17) is 12.2 Å². The molecule has 0 aliphatic carbocycles. The van der Waals surface area contributed by atoms with Crippen molar-refractivity contribution in [1.82, 2.24) is 21.1 Å². The molecular weight excluding hydrogens is 326 g/mol. The Morgan fingerprint density at radius 1 is 1.17 bits per heavy atom. The minimum atomic E-state index is -0.133. The molecule has 2 rings (SSSR count). The highest BCUT2D eigenvalue weighted by Crippen LogP contribution is 2.18. The largest absolute Gasteiger partial charge is 0.362 e. The number of hydrogen-bond acceptors (Lipinski definition) is 3. The number of thiocarbonyl (C=S) groups is 1. The van der Waals surface area contributed by atoms with E-state index in [1.165, 1.54) is 0 Å². The van der Waals surface area contributed by atoms with Gasteiger partial charge in [-0.1, -0.05) is 18.2 Å². The van der Waals surface area contributed by atoms with Crippen molar-refractivity contribution < 1.29 is 9.59 Å². The number of piperidine rings is 1. The SMILES string of the molecule is CCNC(=S)NNC(=O)C1CCN(C(=O)Nc2ccccc2)CC1. The molecule has 0 saturated carbocycles. The summed E-state index contributed by atoms with van der Waals surface area (Å²) in [6, 6.07) is 9.20. The molecule has 4 N–H and O–H groups in total. The van der Waals surface area contributed by atoms with E-state index in [9.17, 15) is 9.59 Å². The fourth-order valence-corrected chi connectivity index (χ4v) is 2.69. The zero-order valence-electron chi connectivity index (χ0n) is 13.7. The summed E-state index contributed by atoms with van der Waals surface area (Å²) in [7, 11) is 0. The quantitative estimate of drug-likeness (QED) is 0.490. The molecular formula is C16H23N5O2S. The molecule has 1 aromatic rings. The summed E-state index contributed by atoms with van der Waals surface area (Å²) >= 11 is 4.99. The van der Waals surface area contributed by atoms with Crippen LogP contribution in [0.25, 0.3) is 0 Å². The third-order valence-electron chi connectivity index (χ3n) is 3.81. The normalized spacial score (nSPS) is 14.6. The van der Waals surface area contributed by atoms with Gasteiger partial charge in [0, 0.05) is 31.2 Å². The van der Waals surface area contributed by atoms with Crippen molar-refractivity contribution in [2.75, 3.05) is 25.0 Å². The van der Waals surface area contributed by atoms with Crippen LogP contribution in [-0.4, -0.2) is 41.6 Å². The Labute approximate surface area is 147 Å². The molecule has 24 heavy (non-hydrogen) atoms. The Kier molecular flexibility index (Phi) is 6.80. The van der Waals surface area contributed by atoms with Crippen LogP contribution in [0.1, 0.15) is 19.8 Å². The molecule has 0 aromatic heterocycles. The second-order valence-electron chi connectivity index (χ2n) is 5.53. The van der Waals surface area contributed by atoms with Gasteiger partial charge in [-0.2, -0.15) is 0 Å². The first-order valence-corrected chi connectivity index (χ1v) is 8.45. The molecule has 1 heterocycles. The lowest BCUT2D eigenvalue weighted by molar-refractivity contribution is -0.126. The van der Waals surface area contributed by atoms with Crippen LogP contribution in [0.5, 0.6) is 0 Å². The molecule has 0 atom stereocenters. The number of carbonyl (C=O) groups excluding carboxylic acids is 2. The summed E-state index contributed by atoms with van der Waals surface area (Å²) in [5.74, 6) is -0.221. The van der Waals surface area contributed by atoms with Crippen LogP contribution >= 0.6 is 12.2 Å². The number of para-hydroxylation sites is 1. The second kappa shape index (κ2) is 9.07. The molecule has 8 heteroatoms. The molecule has 1 fully saturated rings. The van der Waals surface area contributed by atoms with Crippen LogP contribution in [-0.2, 0) is 4.79 Å². The molecule has 3 amide bonds. The number of nitrogens with zero attached hydrogens (tertiary/aromatic N) is 1. The average molecular weight is 349 g/mol. The molecule has 0 spiro atoms. The lowest BCUT2D eigenvalue weighted by Crippen LogP contribution is -2.51. The third-order valence-corrected chi connectivity index (χ3v) is 4.06. The van der Waals surface area contributed by atoms with Crippen molar-refractivity contribution in [1.29, 1.82) is 0 Å². The number of rotatable bonds is 3. The zero-order chi connectivity index (χ0) is 17.4. The van der Waals surface area contributed by atoms with E-state index in [2.05, 4.69) is 21.5 Å². The van der Waals surface area contributed by atoms with Crippen molar-refractivity contribution in [2.45, 2.75) is 19.8 Å². The first-order chi connectivity index (χ1) is 11.6. The summed E-state index contributed by atoms with van der Waals surface area (Å²) in [6.45, 7) is 3.71. The van der Waals surface area contributed by atoms with Crippen LogP contribution in [0.4, 0.5) is 10.5 Å². The molecule has 1 saturated heterocycles. The molecule has 1 aromatic carbocycles. The molecule has 0 radical (unpaired) electrons. The van der Waals surface area contributed by atoms with E-state index in [0.29, 0.717) is 37.6 Å². The Morgan fingerprint density at radius 3 is 2.46 bits per heavy atom. The van der Waals surface area contributed by atoms with Gasteiger partial charge in [0.15, 0.2) is 5.11 Å². The Hall–Kier alpha value is -2.35. The van der Waals surface area contributed by atoms with Gasteiger partial charge in [0.1, 0.15) is 0 Å². The molecule has 1 aliphatic heterocycles. The van der Waals surface area contributed by atoms with Gasteiger partial charge in [-0.3, -0.25) is 15.6 Å². The minimum absolute atomic E-state index is 0.0987. The summed E-state index contributed by atoms with van der Waals surface area (Å²) in [6.07, 6.45) is 1.26. The standard InChI is InChI=1S/C16H23N5O2S/c1-2-17-15(24)20-19-14(22)12-8-10-21(11-9-12)16(23)18-13-6-4-3-5-7-13/h3-7,12H,2,8-11H2,1H3,(H,18,23)(H,19,22)(H2,17,20,24). The van der Waals surface area contributed by atoms with E-state index < -0.39 is 0 Å². The second-order valence-corrected chi connectivity index (χ2v) is 5.94. The van der Waals surface area contributed by atoms with E-state index in [1.807, 2.05) is 37.3 Å². The van der Waals surface area contributed by atoms with E-state index in [0.717, 1.165) is 5.69 Å². The molecule has 1 aliphatic rings. The maximum absolute atomic E-state index is 12.2. The first-order valence-electron chi connectivity index (χ1n) is 8.04. The minimum Gasteiger partial charge on any atom is -0.362 e. The monoisotopic (exact) mass is 349 g/mol. The summed E-state index contributed by atoms with van der Waals surface area (Å²) in [5, 5.41) is 6.15. The summed E-state index contributed by atoms with van der Waals surface area (Å²) in [4.78, 5) is 26.0. The van der Waals surface area contributed by atoms with E-state index in [-0.39, 0.29) is 17.9 Å². The maximum atomic E-state index is 12.2. The fraction of sp³-hybridized carbons (Fsp3) is 0.438. The zero-order valence-corrected chi connectivity index (χ0v) is 14.5. The maximum Gasteiger partial charge on any atom is 0.321 e. The predicted octanol–water partition coefficient (Wildman–Crippen LogP) is 1.45. The summed E-state index contributed by atoms with van der Waals surface area (Å²) < 4.78 is 0. The third kappa shape index (κ3) is 5.38. The number of anilines is 1. The number of carbonyl (C=O) groups is 2. The van der Waals surface area contributed by atoms with Crippen molar-refractivity contribution in [3.05, 3.63) is 30.3 Å². The lowest BCUT2D eigenvalue weighted by Gasteiger charge is -2.31. The van der Waals surface area contributed by atoms with Crippen molar-refractivity contribution in [3.8, 4) is 0 Å². The van der Waals surface area contributed by atoms with Crippen LogP contribution in [0.2, 0.25) is 0 Å². The van der Waals surface area contributed by atoms with Gasteiger partial charge >= 0.3 is 6.03 Å². The Morgan fingerprint density at radius 2 is 1.83 bits per heavy atom. The van der Waals surface area contributed by atoms with Gasteiger partial charge in [0.05, 0.1) is 0 Å². The van der Waals surface area contributed by atoms with Crippen LogP contribution in [0, 0.1) is 5.92 Å². The Bertz CT molecular complexity index is 573. The van der Waals surface area contributed by atoms with Gasteiger partial charge in [0.2, 0.25) is 5.91 Å². The molecule has 130 valence electrons. The number of hydrazine groups is 1. The van der Waals surface area contributed by atoms with Gasteiger partial charge < -0.3 is 15.5 Å². The number of nitrogens with one attached hydrogen (secondary N) is 4. The highest BCUT2D eigenvalue weighted by molar-refractivity contribution is 7.80. The van der Waals surface area contributed by atoms with Crippen LogP contribution in [0.15, 0.2) is 30.3 Å². The van der Waals surface area contributed by atoms with Gasteiger partial charge in [0.25, 0.3) is 0 Å². The molecule has 7 nitrogen and oxygen atoms in total. The smallest absolute Gasteiger partial charge is 0.321 e. The number of hydrogen-bond donors (Lipinski definition) is 4. The van der Waals surface area contributed by atoms with Gasteiger partial charge in [-0.05, 0) is 44.1 Å². The van der Waals surface area contributed by atoms with E-state index >= 15 is 0 Å². The van der Waals surface area contributed by atoms with Crippen LogP contribution in [0.3, 0.4) is 0 Å². The summed E-state index contributed by atoms with van der Waals surface area (Å²) in [5.41, 5.74) is 6.05. The number of urea groups is 1. The number of benzene rings is 1. The van der Waals surface area contributed by atoms with Gasteiger partial charge in [-0.15, -0.1) is 0 Å². The first kappa shape index (κ1) is 18.0. The topological polar surface area (TPSA) is 85.5 Å². The molecule has 0 bridgehead atoms. The van der Waals surface area contributed by atoms with Gasteiger partial charge in [-0.25, -0.2) is 4.79 Å². The van der Waals surface area contributed by atoms with Crippen molar-refractivity contribution in [2.24, 2.45) is 5.92 Å². The highest BCUT2D eigenvalue weighted by Gasteiger charge is 2.27. The van der Waals surface area contributed by atoms with E-state index in [1.54, 1.807) is 4.90 Å². The number of likely N-dealkylation sites (tertiary alicyclic amines) is 1. The lowest BCUT2D eigenvalue weighted by atomic mass is 9.96. The van der Waals surface area contributed by atoms with Crippen LogP contribution < -0.4 is 21.5 Å². The molecule has 0 unspecified atom stereocenters. The predicted molar refractivity (Wildman–Crippen MR) is 97.3 cm³/mol.